The number of nitrogens with one attached hydrogen (secondary N) is 1. The summed E-state index contributed by atoms with van der Waals surface area (Å²) in [5.41, 5.74) is -0.786. The lowest BCUT2D eigenvalue weighted by atomic mass is 9.85. The van der Waals surface area contributed by atoms with Gasteiger partial charge in [0.25, 0.3) is 11.5 Å². The Balaban J connectivity index is 1.73. The van der Waals surface area contributed by atoms with Gasteiger partial charge in [0.1, 0.15) is 5.75 Å². The summed E-state index contributed by atoms with van der Waals surface area (Å²) in [6, 6.07) is 9.43. The van der Waals surface area contributed by atoms with E-state index in [-0.39, 0.29) is 28.6 Å². The number of aromatic nitrogens is 1. The van der Waals surface area contributed by atoms with E-state index >= 15 is 0 Å². The van der Waals surface area contributed by atoms with Gasteiger partial charge >= 0.3 is 0 Å². The van der Waals surface area contributed by atoms with E-state index in [4.69, 9.17) is 16.3 Å². The molecule has 0 unspecified atom stereocenters. The van der Waals surface area contributed by atoms with Crippen LogP contribution in [0.4, 0.5) is 0 Å². The molecule has 1 aromatic carbocycles. The largest absolute Gasteiger partial charge is 0.441 e. The molecule has 2 N–H and O–H groups in total. The fourth-order valence-electron chi connectivity index (χ4n) is 3.24. The Bertz CT molecular complexity index is 888. The van der Waals surface area contributed by atoms with E-state index in [1.165, 1.54) is 16.7 Å². The maximum absolute atomic E-state index is 12.6. The molecule has 2 aromatic rings. The maximum atomic E-state index is 12.6. The lowest BCUT2D eigenvalue weighted by Gasteiger charge is -2.32. The molecule has 1 heterocycles. The van der Waals surface area contributed by atoms with E-state index in [0.29, 0.717) is 24.5 Å². The zero-order chi connectivity index (χ0) is 19.4. The molecule has 0 saturated heterocycles. The van der Waals surface area contributed by atoms with Crippen LogP contribution in [-0.4, -0.2) is 27.7 Å². The summed E-state index contributed by atoms with van der Waals surface area (Å²) in [6.45, 7) is 0.195. The smallest absolute Gasteiger partial charge is 0.253 e. The summed E-state index contributed by atoms with van der Waals surface area (Å²) < 4.78 is 7.09. The van der Waals surface area contributed by atoms with Crippen molar-refractivity contribution in [2.24, 2.45) is 7.05 Å². The summed E-state index contributed by atoms with van der Waals surface area (Å²) in [4.78, 5) is 24.3. The van der Waals surface area contributed by atoms with Crippen LogP contribution >= 0.6 is 11.6 Å². The Kier molecular flexibility index (Phi) is 5.87. The van der Waals surface area contributed by atoms with Crippen molar-refractivity contribution in [3.8, 4) is 11.6 Å². The first kappa shape index (κ1) is 19.5. The number of ether oxygens (including phenoxy) is 1. The molecular weight excluding hydrogens is 368 g/mol. The molecule has 1 fully saturated rings. The number of rotatable bonds is 5. The average Bonchev–Trinajstić information content (AvgIpc) is 2.66. The number of halogens is 1. The van der Waals surface area contributed by atoms with Crippen molar-refractivity contribution in [2.45, 2.75) is 37.7 Å². The van der Waals surface area contributed by atoms with Crippen LogP contribution in [0.2, 0.25) is 5.02 Å². The Morgan fingerprint density at radius 3 is 2.74 bits per heavy atom. The zero-order valence-electron chi connectivity index (χ0n) is 15.2. The van der Waals surface area contributed by atoms with Crippen molar-refractivity contribution in [3.63, 3.8) is 0 Å². The minimum atomic E-state index is -0.850. The molecule has 1 aliphatic rings. The van der Waals surface area contributed by atoms with Crippen LogP contribution in [0.25, 0.3) is 0 Å². The molecule has 1 saturated carbocycles. The van der Waals surface area contributed by atoms with Crippen molar-refractivity contribution in [1.29, 1.82) is 0 Å². The van der Waals surface area contributed by atoms with Gasteiger partial charge in [-0.05, 0) is 37.1 Å². The summed E-state index contributed by atoms with van der Waals surface area (Å²) in [5.74, 6) is 0.376. The number of hydrogen-bond donors (Lipinski definition) is 2. The first-order chi connectivity index (χ1) is 12.9. The van der Waals surface area contributed by atoms with E-state index in [1.54, 1.807) is 31.3 Å². The quantitative estimate of drug-likeness (QED) is 0.821. The second-order valence-corrected chi connectivity index (χ2v) is 7.38. The summed E-state index contributed by atoms with van der Waals surface area (Å²) in [7, 11) is 1.60. The van der Waals surface area contributed by atoms with Crippen molar-refractivity contribution >= 4 is 17.5 Å². The number of hydrogen-bond acceptors (Lipinski definition) is 4. The van der Waals surface area contributed by atoms with E-state index < -0.39 is 5.60 Å². The van der Waals surface area contributed by atoms with Crippen LogP contribution in [-0.2, 0) is 7.05 Å². The van der Waals surface area contributed by atoms with Gasteiger partial charge in [-0.25, -0.2) is 0 Å². The van der Waals surface area contributed by atoms with Gasteiger partial charge in [-0.1, -0.05) is 36.9 Å². The SMILES string of the molecule is Cn1c(Oc2ccc(Cl)c(C(=O)NCC3(O)CCCCC3)c2)cccc1=O. The van der Waals surface area contributed by atoms with Gasteiger partial charge in [0, 0.05) is 19.7 Å². The third-order valence-corrected chi connectivity index (χ3v) is 5.24. The molecule has 6 nitrogen and oxygen atoms in total. The van der Waals surface area contributed by atoms with Gasteiger partial charge in [0.2, 0.25) is 5.88 Å². The van der Waals surface area contributed by atoms with Crippen molar-refractivity contribution in [3.05, 3.63) is 57.3 Å². The first-order valence-electron chi connectivity index (χ1n) is 9.02. The first-order valence-corrected chi connectivity index (χ1v) is 9.40. The van der Waals surface area contributed by atoms with Gasteiger partial charge in [0.15, 0.2) is 0 Å². The second-order valence-electron chi connectivity index (χ2n) is 6.97. The third-order valence-electron chi connectivity index (χ3n) is 4.91. The molecule has 0 atom stereocenters. The lowest BCUT2D eigenvalue weighted by Crippen LogP contribution is -2.44. The van der Waals surface area contributed by atoms with Crippen LogP contribution in [0.3, 0.4) is 0 Å². The van der Waals surface area contributed by atoms with E-state index in [2.05, 4.69) is 5.32 Å². The normalized spacial score (nSPS) is 16.0. The van der Waals surface area contributed by atoms with E-state index in [0.717, 1.165) is 19.3 Å². The van der Waals surface area contributed by atoms with E-state index in [9.17, 15) is 14.7 Å². The number of carbonyl (C=O) groups excluding carboxylic acids is 1. The average molecular weight is 391 g/mol. The monoisotopic (exact) mass is 390 g/mol. The zero-order valence-corrected chi connectivity index (χ0v) is 16.0. The molecule has 27 heavy (non-hydrogen) atoms. The lowest BCUT2D eigenvalue weighted by molar-refractivity contribution is 0.00526. The summed E-state index contributed by atoms with van der Waals surface area (Å²) >= 11 is 6.17. The van der Waals surface area contributed by atoms with E-state index in [1.807, 2.05) is 0 Å². The van der Waals surface area contributed by atoms with Gasteiger partial charge in [0.05, 0.1) is 16.2 Å². The van der Waals surface area contributed by atoms with Gasteiger partial charge in [-0.2, -0.15) is 0 Å². The molecule has 144 valence electrons. The van der Waals surface area contributed by atoms with Crippen LogP contribution in [0.15, 0.2) is 41.2 Å². The molecule has 0 radical (unpaired) electrons. The number of nitrogens with zero attached hydrogens (tertiary/aromatic N) is 1. The molecule has 1 amide bonds. The topological polar surface area (TPSA) is 80.6 Å². The highest BCUT2D eigenvalue weighted by Gasteiger charge is 2.29. The Hall–Kier alpha value is -2.31. The number of pyridine rings is 1. The molecular formula is C20H23ClN2O4. The molecule has 0 spiro atoms. The Morgan fingerprint density at radius 2 is 2.00 bits per heavy atom. The number of benzene rings is 1. The van der Waals surface area contributed by atoms with Crippen LogP contribution in [0.5, 0.6) is 11.6 Å². The van der Waals surface area contributed by atoms with Gasteiger partial charge in [-0.3, -0.25) is 14.2 Å². The molecule has 3 rings (SSSR count). The maximum Gasteiger partial charge on any atom is 0.253 e. The second kappa shape index (κ2) is 8.15. The van der Waals surface area contributed by atoms with Crippen LogP contribution < -0.4 is 15.6 Å². The predicted octanol–water partition coefficient (Wildman–Crippen LogP) is 3.26. The van der Waals surface area contributed by atoms with Crippen molar-refractivity contribution in [2.75, 3.05) is 6.54 Å². The van der Waals surface area contributed by atoms with Crippen molar-refractivity contribution in [1.82, 2.24) is 9.88 Å². The van der Waals surface area contributed by atoms with Crippen LogP contribution in [0.1, 0.15) is 42.5 Å². The Labute approximate surface area is 162 Å². The fourth-order valence-corrected chi connectivity index (χ4v) is 3.44. The highest BCUT2D eigenvalue weighted by molar-refractivity contribution is 6.33. The van der Waals surface area contributed by atoms with Gasteiger partial charge in [-0.15, -0.1) is 0 Å². The molecule has 0 bridgehead atoms. The minimum Gasteiger partial charge on any atom is -0.441 e. The number of amides is 1. The van der Waals surface area contributed by atoms with Crippen LogP contribution in [0, 0.1) is 0 Å². The van der Waals surface area contributed by atoms with Crippen molar-refractivity contribution < 1.29 is 14.6 Å². The Morgan fingerprint density at radius 1 is 1.26 bits per heavy atom. The molecule has 7 heteroatoms. The molecule has 0 aliphatic heterocycles. The van der Waals surface area contributed by atoms with Gasteiger partial charge < -0.3 is 15.2 Å². The summed E-state index contributed by atoms with van der Waals surface area (Å²) in [5, 5.41) is 13.6. The molecule has 1 aromatic heterocycles. The fraction of sp³-hybridized carbons (Fsp3) is 0.400. The third kappa shape index (κ3) is 4.70. The predicted molar refractivity (Wildman–Crippen MR) is 104 cm³/mol. The summed E-state index contributed by atoms with van der Waals surface area (Å²) in [6.07, 6.45) is 4.42. The minimum absolute atomic E-state index is 0.194. The highest BCUT2D eigenvalue weighted by Crippen LogP contribution is 2.28. The highest BCUT2D eigenvalue weighted by atomic mass is 35.5. The number of aliphatic hydroxyl groups is 1. The standard InChI is InChI=1S/C20H23ClN2O4/c1-23-17(24)6-5-7-18(23)27-14-8-9-16(21)15(12-14)19(25)22-13-20(26)10-3-2-4-11-20/h5-9,12,26H,2-4,10-11,13H2,1H3,(H,22,25). The molecule has 1 aliphatic carbocycles. The number of carbonyl (C=O) groups is 1.